The molecule has 1 aliphatic heterocycles. The van der Waals surface area contributed by atoms with Gasteiger partial charge in [0.25, 0.3) is 0 Å². The van der Waals surface area contributed by atoms with Crippen LogP contribution in [0, 0.1) is 0 Å². The lowest BCUT2D eigenvalue weighted by atomic mass is 10.2. The van der Waals surface area contributed by atoms with Crippen molar-refractivity contribution in [3.63, 3.8) is 0 Å². The minimum Gasteiger partial charge on any atom is -0.318 e. The lowest BCUT2D eigenvalue weighted by molar-refractivity contribution is 0.366. The van der Waals surface area contributed by atoms with Gasteiger partial charge < -0.3 is 5.32 Å². The second-order valence-corrected chi connectivity index (χ2v) is 7.73. The Labute approximate surface area is 93.1 Å². The summed E-state index contributed by atoms with van der Waals surface area (Å²) in [5.74, 6) is 0. The molecule has 0 aromatic carbocycles. The first-order chi connectivity index (χ1) is 6.80. The molecule has 0 bridgehead atoms. The molecule has 0 aliphatic carbocycles. The molecule has 0 radical (unpaired) electrons. The molecule has 0 spiro atoms. The summed E-state index contributed by atoms with van der Waals surface area (Å²) in [4.78, 5) is 0. The van der Waals surface area contributed by atoms with Crippen molar-refractivity contribution in [3.05, 3.63) is 0 Å². The smallest absolute Gasteiger partial charge is 0.219 e. The fourth-order valence-electron chi connectivity index (χ4n) is 1.92. The van der Waals surface area contributed by atoms with E-state index in [-0.39, 0.29) is 6.04 Å². The van der Waals surface area contributed by atoms with Crippen molar-refractivity contribution < 1.29 is 8.42 Å². The third kappa shape index (κ3) is 2.52. The highest BCUT2D eigenvalue weighted by Crippen LogP contribution is 2.28. The standard InChI is InChI=1S/C10H22N2O2S/c1-10(2,3)15(13,14)12-7-5-6-9(12)8-11-4/h9,11H,5-8H2,1-4H3. The van der Waals surface area contributed by atoms with E-state index >= 15 is 0 Å². The maximum absolute atomic E-state index is 12.2. The van der Waals surface area contributed by atoms with Crippen molar-refractivity contribution in [3.8, 4) is 0 Å². The van der Waals surface area contributed by atoms with Gasteiger partial charge in [-0.05, 0) is 40.7 Å². The Kier molecular flexibility index (Phi) is 3.79. The van der Waals surface area contributed by atoms with Crippen LogP contribution in [0.4, 0.5) is 0 Å². The fraction of sp³-hybridized carbons (Fsp3) is 1.00. The molecule has 1 atom stereocenters. The van der Waals surface area contributed by atoms with E-state index in [1.54, 1.807) is 25.1 Å². The van der Waals surface area contributed by atoms with Crippen molar-refractivity contribution >= 4 is 10.0 Å². The highest BCUT2D eigenvalue weighted by Gasteiger charge is 2.40. The van der Waals surface area contributed by atoms with Gasteiger partial charge in [0.1, 0.15) is 0 Å². The van der Waals surface area contributed by atoms with E-state index in [2.05, 4.69) is 5.32 Å². The summed E-state index contributed by atoms with van der Waals surface area (Å²) in [6.07, 6.45) is 1.94. The molecule has 0 aromatic heterocycles. The van der Waals surface area contributed by atoms with E-state index in [4.69, 9.17) is 0 Å². The molecular formula is C10H22N2O2S. The van der Waals surface area contributed by atoms with Gasteiger partial charge >= 0.3 is 0 Å². The molecule has 0 aromatic rings. The first kappa shape index (κ1) is 12.9. The number of hydrogen-bond acceptors (Lipinski definition) is 3. The molecule has 1 rings (SSSR count). The van der Waals surface area contributed by atoms with Crippen LogP contribution >= 0.6 is 0 Å². The zero-order chi connectivity index (χ0) is 11.7. The molecule has 15 heavy (non-hydrogen) atoms. The molecule has 1 N–H and O–H groups in total. The van der Waals surface area contributed by atoms with Crippen molar-refractivity contribution in [2.24, 2.45) is 0 Å². The Morgan fingerprint density at radius 2 is 2.00 bits per heavy atom. The molecule has 1 fully saturated rings. The van der Waals surface area contributed by atoms with Gasteiger partial charge in [-0.3, -0.25) is 0 Å². The van der Waals surface area contributed by atoms with Gasteiger partial charge in [-0.1, -0.05) is 0 Å². The third-order valence-corrected chi connectivity index (χ3v) is 5.49. The van der Waals surface area contributed by atoms with E-state index in [0.29, 0.717) is 6.54 Å². The Bertz CT molecular complexity index is 306. The Morgan fingerprint density at radius 3 is 2.47 bits per heavy atom. The van der Waals surface area contributed by atoms with E-state index in [0.717, 1.165) is 19.4 Å². The number of likely N-dealkylation sites (N-methyl/N-ethyl adjacent to an activating group) is 1. The van der Waals surface area contributed by atoms with E-state index in [1.165, 1.54) is 0 Å². The second-order valence-electron chi connectivity index (χ2n) is 5.08. The summed E-state index contributed by atoms with van der Waals surface area (Å²) in [7, 11) is -1.29. The summed E-state index contributed by atoms with van der Waals surface area (Å²) in [6.45, 7) is 6.70. The minimum atomic E-state index is -3.15. The summed E-state index contributed by atoms with van der Waals surface area (Å²) in [6, 6.07) is 0.138. The number of nitrogens with zero attached hydrogens (tertiary/aromatic N) is 1. The molecule has 1 aliphatic rings. The van der Waals surface area contributed by atoms with Gasteiger partial charge in [0.05, 0.1) is 4.75 Å². The maximum atomic E-state index is 12.2. The first-order valence-corrected chi connectivity index (χ1v) is 6.90. The van der Waals surface area contributed by atoms with Crippen molar-refractivity contribution in [2.75, 3.05) is 20.1 Å². The van der Waals surface area contributed by atoms with Crippen LogP contribution in [0.25, 0.3) is 0 Å². The topological polar surface area (TPSA) is 49.4 Å². The predicted octanol–water partition coefficient (Wildman–Crippen LogP) is 0.798. The van der Waals surface area contributed by atoms with Crippen molar-refractivity contribution in [2.45, 2.75) is 44.4 Å². The highest BCUT2D eigenvalue weighted by molar-refractivity contribution is 7.90. The lowest BCUT2D eigenvalue weighted by Crippen LogP contribution is -2.47. The zero-order valence-electron chi connectivity index (χ0n) is 10.1. The fourth-order valence-corrected chi connectivity index (χ4v) is 3.56. The van der Waals surface area contributed by atoms with E-state index < -0.39 is 14.8 Å². The van der Waals surface area contributed by atoms with Crippen LogP contribution in [0.5, 0.6) is 0 Å². The average Bonchev–Trinajstić information content (AvgIpc) is 2.51. The Hall–Kier alpha value is -0.130. The lowest BCUT2D eigenvalue weighted by Gasteiger charge is -2.31. The van der Waals surface area contributed by atoms with Gasteiger partial charge in [0.15, 0.2) is 0 Å². The van der Waals surface area contributed by atoms with Crippen LogP contribution in [-0.4, -0.2) is 43.6 Å². The maximum Gasteiger partial charge on any atom is 0.219 e. The predicted molar refractivity (Wildman–Crippen MR) is 62.3 cm³/mol. The van der Waals surface area contributed by atoms with Crippen molar-refractivity contribution in [1.29, 1.82) is 0 Å². The average molecular weight is 234 g/mol. The number of sulfonamides is 1. The van der Waals surface area contributed by atoms with Gasteiger partial charge in [-0.25, -0.2) is 8.42 Å². The van der Waals surface area contributed by atoms with Crippen LogP contribution in [0.3, 0.4) is 0 Å². The molecule has 0 saturated carbocycles. The Morgan fingerprint density at radius 1 is 1.40 bits per heavy atom. The van der Waals surface area contributed by atoms with Crippen molar-refractivity contribution in [1.82, 2.24) is 9.62 Å². The third-order valence-electron chi connectivity index (χ3n) is 2.85. The van der Waals surface area contributed by atoms with Crippen LogP contribution in [0.1, 0.15) is 33.6 Å². The molecule has 90 valence electrons. The van der Waals surface area contributed by atoms with Crippen LogP contribution in [-0.2, 0) is 10.0 Å². The number of nitrogens with one attached hydrogen (secondary N) is 1. The molecule has 1 saturated heterocycles. The quantitative estimate of drug-likeness (QED) is 0.786. The molecule has 0 amide bonds. The second kappa shape index (κ2) is 4.39. The van der Waals surface area contributed by atoms with Crippen LogP contribution in [0.15, 0.2) is 0 Å². The van der Waals surface area contributed by atoms with Crippen LogP contribution < -0.4 is 5.32 Å². The van der Waals surface area contributed by atoms with Crippen LogP contribution in [0.2, 0.25) is 0 Å². The zero-order valence-corrected chi connectivity index (χ0v) is 10.9. The van der Waals surface area contributed by atoms with Gasteiger partial charge in [-0.15, -0.1) is 0 Å². The number of hydrogen-bond donors (Lipinski definition) is 1. The first-order valence-electron chi connectivity index (χ1n) is 5.46. The van der Waals surface area contributed by atoms with Gasteiger partial charge in [-0.2, -0.15) is 4.31 Å². The van der Waals surface area contributed by atoms with Gasteiger partial charge in [0.2, 0.25) is 10.0 Å². The molecule has 1 unspecified atom stereocenters. The van der Waals surface area contributed by atoms with E-state index in [9.17, 15) is 8.42 Å². The number of rotatable bonds is 3. The molecule has 5 heteroatoms. The summed E-state index contributed by atoms with van der Waals surface area (Å²) < 4.78 is 25.5. The largest absolute Gasteiger partial charge is 0.318 e. The molecular weight excluding hydrogens is 212 g/mol. The summed E-state index contributed by atoms with van der Waals surface area (Å²) in [5, 5.41) is 3.06. The van der Waals surface area contributed by atoms with E-state index in [1.807, 2.05) is 7.05 Å². The normalized spacial score (nSPS) is 24.7. The minimum absolute atomic E-state index is 0.138. The highest BCUT2D eigenvalue weighted by atomic mass is 32.2. The summed E-state index contributed by atoms with van der Waals surface area (Å²) in [5.41, 5.74) is 0. The monoisotopic (exact) mass is 234 g/mol. The van der Waals surface area contributed by atoms with Gasteiger partial charge in [0, 0.05) is 19.1 Å². The summed E-state index contributed by atoms with van der Waals surface area (Å²) >= 11 is 0. The molecule has 4 nitrogen and oxygen atoms in total. The Balaban J connectivity index is 2.88. The molecule has 1 heterocycles. The SMILES string of the molecule is CNCC1CCCN1S(=O)(=O)C(C)(C)C.